The van der Waals surface area contributed by atoms with Crippen molar-refractivity contribution in [2.24, 2.45) is 0 Å². The Hall–Kier alpha value is -2.31. The largest absolute Gasteiger partial charge is 0.276 e. The van der Waals surface area contributed by atoms with Crippen molar-refractivity contribution in [3.63, 3.8) is 0 Å². The van der Waals surface area contributed by atoms with Gasteiger partial charge in [0.2, 0.25) is 5.78 Å². The minimum atomic E-state index is -0.0170. The fourth-order valence-electron chi connectivity index (χ4n) is 2.98. The van der Waals surface area contributed by atoms with Gasteiger partial charge in [-0.05, 0) is 36.2 Å². The second-order valence-electron chi connectivity index (χ2n) is 6.01. The second-order valence-corrected chi connectivity index (χ2v) is 7.39. The molecule has 7 heteroatoms. The van der Waals surface area contributed by atoms with Crippen LogP contribution in [0.5, 0.6) is 0 Å². The van der Waals surface area contributed by atoms with E-state index in [0.717, 1.165) is 33.4 Å². The molecule has 132 valence electrons. The summed E-state index contributed by atoms with van der Waals surface area (Å²) in [5.41, 5.74) is 1.97. The van der Waals surface area contributed by atoms with Gasteiger partial charge in [-0.2, -0.15) is 0 Å². The SMILES string of the molecule is CCCn1c(=O)c2ccccc2n2c(SCc3ccc(Cl)cc3)nnc12. The van der Waals surface area contributed by atoms with E-state index in [2.05, 4.69) is 10.2 Å². The Morgan fingerprint density at radius 1 is 1.08 bits per heavy atom. The van der Waals surface area contributed by atoms with Gasteiger partial charge in [0.05, 0.1) is 10.9 Å². The van der Waals surface area contributed by atoms with Crippen LogP contribution < -0.4 is 5.56 Å². The summed E-state index contributed by atoms with van der Waals surface area (Å²) in [6.45, 7) is 2.66. The lowest BCUT2D eigenvalue weighted by Gasteiger charge is -2.10. The lowest BCUT2D eigenvalue weighted by Crippen LogP contribution is -2.23. The van der Waals surface area contributed by atoms with Gasteiger partial charge in [-0.15, -0.1) is 10.2 Å². The highest BCUT2D eigenvalue weighted by Crippen LogP contribution is 2.25. The Morgan fingerprint density at radius 3 is 2.62 bits per heavy atom. The zero-order chi connectivity index (χ0) is 18.1. The van der Waals surface area contributed by atoms with Gasteiger partial charge in [-0.3, -0.25) is 13.8 Å². The smallest absolute Gasteiger partial charge is 0.262 e. The molecule has 0 unspecified atom stereocenters. The second kappa shape index (κ2) is 7.13. The standard InChI is InChI=1S/C19H17ClN4OS/c1-2-11-23-17(25)15-5-3-4-6-16(15)24-18(23)21-22-19(24)26-12-13-7-9-14(20)10-8-13/h3-10H,2,11-12H2,1H3. The number of halogens is 1. The Morgan fingerprint density at radius 2 is 1.85 bits per heavy atom. The minimum Gasteiger partial charge on any atom is -0.276 e. The highest BCUT2D eigenvalue weighted by atomic mass is 35.5. The number of nitrogens with zero attached hydrogens (tertiary/aromatic N) is 4. The van der Waals surface area contributed by atoms with Crippen LogP contribution in [0.1, 0.15) is 18.9 Å². The average Bonchev–Trinajstić information content (AvgIpc) is 3.09. The van der Waals surface area contributed by atoms with Crippen molar-refractivity contribution in [2.75, 3.05) is 0 Å². The van der Waals surface area contributed by atoms with Crippen molar-refractivity contribution in [3.8, 4) is 0 Å². The van der Waals surface area contributed by atoms with Crippen molar-refractivity contribution >= 4 is 40.0 Å². The molecule has 26 heavy (non-hydrogen) atoms. The van der Waals surface area contributed by atoms with Crippen LogP contribution in [0.4, 0.5) is 0 Å². The van der Waals surface area contributed by atoms with E-state index in [0.29, 0.717) is 17.7 Å². The van der Waals surface area contributed by atoms with E-state index in [1.165, 1.54) is 0 Å². The van der Waals surface area contributed by atoms with Crippen molar-refractivity contribution in [1.82, 2.24) is 19.2 Å². The van der Waals surface area contributed by atoms with E-state index in [4.69, 9.17) is 11.6 Å². The number of hydrogen-bond donors (Lipinski definition) is 0. The number of rotatable bonds is 5. The predicted octanol–water partition coefficient (Wildman–Crippen LogP) is 4.40. The summed E-state index contributed by atoms with van der Waals surface area (Å²) in [5.74, 6) is 1.34. The molecule has 0 atom stereocenters. The summed E-state index contributed by atoms with van der Waals surface area (Å²) < 4.78 is 3.69. The highest BCUT2D eigenvalue weighted by molar-refractivity contribution is 7.98. The van der Waals surface area contributed by atoms with Crippen LogP contribution in [-0.2, 0) is 12.3 Å². The molecule has 5 nitrogen and oxygen atoms in total. The highest BCUT2D eigenvalue weighted by Gasteiger charge is 2.16. The van der Waals surface area contributed by atoms with E-state index in [-0.39, 0.29) is 5.56 Å². The van der Waals surface area contributed by atoms with Crippen molar-refractivity contribution in [3.05, 3.63) is 69.5 Å². The summed E-state index contributed by atoms with van der Waals surface area (Å²) in [6, 6.07) is 15.4. The monoisotopic (exact) mass is 384 g/mol. The molecule has 4 rings (SSSR count). The lowest BCUT2D eigenvalue weighted by molar-refractivity contribution is 0.662. The van der Waals surface area contributed by atoms with Gasteiger partial charge in [0.15, 0.2) is 5.16 Å². The number of hydrogen-bond acceptors (Lipinski definition) is 4. The summed E-state index contributed by atoms with van der Waals surface area (Å²) >= 11 is 7.55. The van der Waals surface area contributed by atoms with Gasteiger partial charge in [0.25, 0.3) is 5.56 Å². The number of para-hydroxylation sites is 1. The molecular weight excluding hydrogens is 368 g/mol. The molecule has 0 saturated heterocycles. The zero-order valence-corrected chi connectivity index (χ0v) is 15.8. The van der Waals surface area contributed by atoms with Gasteiger partial charge in [-0.25, -0.2) is 0 Å². The topological polar surface area (TPSA) is 52.2 Å². The minimum absolute atomic E-state index is 0.0170. The van der Waals surface area contributed by atoms with E-state index < -0.39 is 0 Å². The quantitative estimate of drug-likeness (QED) is 0.478. The first-order valence-corrected chi connectivity index (χ1v) is 9.79. The maximum Gasteiger partial charge on any atom is 0.262 e. The zero-order valence-electron chi connectivity index (χ0n) is 14.2. The molecule has 0 aliphatic carbocycles. The van der Waals surface area contributed by atoms with Crippen molar-refractivity contribution in [2.45, 2.75) is 30.8 Å². The first-order valence-electron chi connectivity index (χ1n) is 8.43. The maximum absolute atomic E-state index is 12.8. The Bertz CT molecular complexity index is 1130. The molecule has 2 heterocycles. The molecule has 0 amide bonds. The van der Waals surface area contributed by atoms with Crippen LogP contribution in [-0.4, -0.2) is 19.2 Å². The summed E-state index contributed by atoms with van der Waals surface area (Å²) in [5, 5.41) is 10.8. The number of aromatic nitrogens is 4. The Labute approximate surface area is 159 Å². The molecule has 0 saturated carbocycles. The summed E-state index contributed by atoms with van der Waals surface area (Å²) in [7, 11) is 0. The van der Waals surface area contributed by atoms with E-state index in [9.17, 15) is 4.79 Å². The molecule has 0 aliphatic heterocycles. The normalized spacial score (nSPS) is 11.5. The number of aryl methyl sites for hydroxylation is 1. The Kier molecular flexibility index (Phi) is 4.70. The molecule has 4 aromatic rings. The molecule has 0 radical (unpaired) electrons. The maximum atomic E-state index is 12.8. The van der Waals surface area contributed by atoms with Gasteiger partial charge < -0.3 is 0 Å². The first kappa shape index (κ1) is 17.1. The third kappa shape index (κ3) is 2.99. The lowest BCUT2D eigenvalue weighted by atomic mass is 10.2. The number of thioether (sulfide) groups is 1. The molecular formula is C19H17ClN4OS. The molecule has 0 N–H and O–H groups in total. The van der Waals surface area contributed by atoms with Gasteiger partial charge in [0.1, 0.15) is 0 Å². The summed E-state index contributed by atoms with van der Waals surface area (Å²) in [4.78, 5) is 12.8. The fourth-order valence-corrected chi connectivity index (χ4v) is 4.00. The predicted molar refractivity (Wildman–Crippen MR) is 106 cm³/mol. The molecule has 0 bridgehead atoms. The molecule has 2 aromatic carbocycles. The van der Waals surface area contributed by atoms with Crippen LogP contribution in [0.2, 0.25) is 5.02 Å². The van der Waals surface area contributed by atoms with E-state index in [1.54, 1.807) is 16.3 Å². The molecule has 0 spiro atoms. The molecule has 0 aliphatic rings. The molecule has 2 aromatic heterocycles. The van der Waals surface area contributed by atoms with Crippen LogP contribution >= 0.6 is 23.4 Å². The first-order chi connectivity index (χ1) is 12.7. The van der Waals surface area contributed by atoms with Crippen LogP contribution in [0.3, 0.4) is 0 Å². The Balaban J connectivity index is 1.83. The van der Waals surface area contributed by atoms with Crippen LogP contribution in [0, 0.1) is 0 Å². The third-order valence-electron chi connectivity index (χ3n) is 4.21. The van der Waals surface area contributed by atoms with Crippen molar-refractivity contribution in [1.29, 1.82) is 0 Å². The van der Waals surface area contributed by atoms with Crippen LogP contribution in [0.15, 0.2) is 58.5 Å². The summed E-state index contributed by atoms with van der Waals surface area (Å²) in [6.07, 6.45) is 0.855. The van der Waals surface area contributed by atoms with E-state index >= 15 is 0 Å². The third-order valence-corrected chi connectivity index (χ3v) is 5.46. The number of benzene rings is 2. The van der Waals surface area contributed by atoms with Crippen molar-refractivity contribution < 1.29 is 0 Å². The van der Waals surface area contributed by atoms with Gasteiger partial charge >= 0.3 is 0 Å². The number of fused-ring (bicyclic) bond motifs is 3. The van der Waals surface area contributed by atoms with Gasteiger partial charge in [-0.1, -0.05) is 54.6 Å². The van der Waals surface area contributed by atoms with E-state index in [1.807, 2.05) is 59.9 Å². The molecule has 0 fully saturated rings. The average molecular weight is 385 g/mol. The fraction of sp³-hybridized carbons (Fsp3) is 0.211. The van der Waals surface area contributed by atoms with Gasteiger partial charge in [0, 0.05) is 17.3 Å². The van der Waals surface area contributed by atoms with Crippen LogP contribution in [0.25, 0.3) is 16.7 Å².